The molecule has 0 aromatic carbocycles. The molecule has 0 saturated carbocycles. The number of hydrogen-bond donors (Lipinski definition) is 2. The smallest absolute Gasteiger partial charge is 0.243 e. The van der Waals surface area contributed by atoms with Crippen LogP contribution in [0.15, 0.2) is 16.6 Å². The van der Waals surface area contributed by atoms with Gasteiger partial charge in [0.1, 0.15) is 6.54 Å². The van der Waals surface area contributed by atoms with Gasteiger partial charge in [0.15, 0.2) is 5.96 Å². The predicted octanol–water partition coefficient (Wildman–Crippen LogP) is 1.05. The SMILES string of the molecule is CC(CNC(=NCC(=O)N(C)C)NCC1CCCO1)c1nccs1. The van der Waals surface area contributed by atoms with E-state index in [1.807, 2.05) is 11.6 Å². The van der Waals surface area contributed by atoms with E-state index in [1.54, 1.807) is 30.3 Å². The molecule has 1 fully saturated rings. The van der Waals surface area contributed by atoms with Gasteiger partial charge in [-0.05, 0) is 12.8 Å². The Morgan fingerprint density at radius 3 is 3.00 bits per heavy atom. The molecule has 2 N–H and O–H groups in total. The second-order valence-electron chi connectivity index (χ2n) is 6.12. The van der Waals surface area contributed by atoms with Crippen LogP contribution in [0.3, 0.4) is 0 Å². The molecule has 2 atom stereocenters. The van der Waals surface area contributed by atoms with Gasteiger partial charge in [-0.3, -0.25) is 4.79 Å². The van der Waals surface area contributed by atoms with Crippen LogP contribution >= 0.6 is 11.3 Å². The number of thiazole rings is 1. The molecule has 8 heteroatoms. The third-order valence-corrected chi connectivity index (χ3v) is 4.85. The van der Waals surface area contributed by atoms with Gasteiger partial charge in [0.25, 0.3) is 0 Å². The Kier molecular flexibility index (Phi) is 7.45. The number of aromatic nitrogens is 1. The highest BCUT2D eigenvalue weighted by atomic mass is 32.1. The van der Waals surface area contributed by atoms with E-state index in [2.05, 4.69) is 27.5 Å². The number of amides is 1. The molecule has 1 amide bonds. The van der Waals surface area contributed by atoms with Crippen LogP contribution in [-0.4, -0.2) is 68.2 Å². The number of carbonyl (C=O) groups is 1. The summed E-state index contributed by atoms with van der Waals surface area (Å²) in [5.41, 5.74) is 0. The first kappa shape index (κ1) is 18.7. The quantitative estimate of drug-likeness (QED) is 0.566. The summed E-state index contributed by atoms with van der Waals surface area (Å²) in [5, 5.41) is 9.65. The molecule has 0 radical (unpaired) electrons. The lowest BCUT2D eigenvalue weighted by atomic mass is 10.2. The van der Waals surface area contributed by atoms with Crippen molar-refractivity contribution < 1.29 is 9.53 Å². The minimum absolute atomic E-state index is 0.0267. The van der Waals surface area contributed by atoms with Gasteiger partial charge in [-0.2, -0.15) is 0 Å². The minimum atomic E-state index is -0.0267. The highest BCUT2D eigenvalue weighted by Gasteiger charge is 2.16. The number of guanidine groups is 1. The van der Waals surface area contributed by atoms with E-state index in [0.717, 1.165) is 24.5 Å². The first-order chi connectivity index (χ1) is 11.6. The summed E-state index contributed by atoms with van der Waals surface area (Å²) in [4.78, 5) is 22.0. The maximum Gasteiger partial charge on any atom is 0.243 e. The Balaban J connectivity index is 1.87. The molecular formula is C16H27N5O2S. The lowest BCUT2D eigenvalue weighted by Crippen LogP contribution is -2.43. The average Bonchev–Trinajstić information content (AvgIpc) is 3.26. The number of hydrogen-bond acceptors (Lipinski definition) is 5. The standard InChI is InChI=1S/C16H27N5O2S/c1-12(15-17-6-8-24-15)9-18-16(20-11-14(22)21(2)3)19-10-13-5-4-7-23-13/h6,8,12-13H,4-5,7,9-11H2,1-3H3,(H2,18,19,20). The third kappa shape index (κ3) is 6.09. The zero-order chi connectivity index (χ0) is 17.4. The molecule has 24 heavy (non-hydrogen) atoms. The van der Waals surface area contributed by atoms with E-state index in [0.29, 0.717) is 19.0 Å². The van der Waals surface area contributed by atoms with Crippen LogP contribution in [-0.2, 0) is 9.53 Å². The van der Waals surface area contributed by atoms with Crippen molar-refractivity contribution in [3.63, 3.8) is 0 Å². The molecule has 1 aromatic rings. The molecule has 1 aromatic heterocycles. The molecular weight excluding hydrogens is 326 g/mol. The number of carbonyl (C=O) groups excluding carboxylic acids is 1. The fraction of sp³-hybridized carbons (Fsp3) is 0.688. The van der Waals surface area contributed by atoms with Crippen LogP contribution < -0.4 is 10.6 Å². The van der Waals surface area contributed by atoms with Crippen LogP contribution in [0.1, 0.15) is 30.7 Å². The predicted molar refractivity (Wildman–Crippen MR) is 96.5 cm³/mol. The number of ether oxygens (including phenoxy) is 1. The van der Waals surface area contributed by atoms with Crippen molar-refractivity contribution in [3.8, 4) is 0 Å². The molecule has 2 rings (SSSR count). The Hall–Kier alpha value is -1.67. The summed E-state index contributed by atoms with van der Waals surface area (Å²) in [6.45, 7) is 4.48. The lowest BCUT2D eigenvalue weighted by Gasteiger charge is -2.17. The maximum atomic E-state index is 11.8. The van der Waals surface area contributed by atoms with Crippen molar-refractivity contribution >= 4 is 23.2 Å². The number of nitrogens with zero attached hydrogens (tertiary/aromatic N) is 3. The maximum absolute atomic E-state index is 11.8. The molecule has 7 nitrogen and oxygen atoms in total. The van der Waals surface area contributed by atoms with Crippen molar-refractivity contribution in [2.45, 2.75) is 31.8 Å². The monoisotopic (exact) mass is 353 g/mol. The van der Waals surface area contributed by atoms with Crippen LogP contribution in [0, 0.1) is 0 Å². The topological polar surface area (TPSA) is 78.9 Å². The number of rotatable bonds is 7. The summed E-state index contributed by atoms with van der Waals surface area (Å²) in [5.74, 6) is 0.898. The van der Waals surface area contributed by atoms with E-state index in [1.165, 1.54) is 0 Å². The highest BCUT2D eigenvalue weighted by molar-refractivity contribution is 7.09. The van der Waals surface area contributed by atoms with Gasteiger partial charge in [0, 0.05) is 51.3 Å². The number of nitrogens with one attached hydrogen (secondary N) is 2. The van der Waals surface area contributed by atoms with Crippen molar-refractivity contribution in [1.82, 2.24) is 20.5 Å². The van der Waals surface area contributed by atoms with Gasteiger partial charge in [0.05, 0.1) is 11.1 Å². The largest absolute Gasteiger partial charge is 0.376 e. The lowest BCUT2D eigenvalue weighted by molar-refractivity contribution is -0.127. The Labute approximate surface area is 147 Å². The van der Waals surface area contributed by atoms with Crippen molar-refractivity contribution in [3.05, 3.63) is 16.6 Å². The second kappa shape index (κ2) is 9.58. The summed E-state index contributed by atoms with van der Waals surface area (Å²) >= 11 is 1.65. The van der Waals surface area contributed by atoms with Crippen molar-refractivity contribution in [2.24, 2.45) is 4.99 Å². The van der Waals surface area contributed by atoms with Gasteiger partial charge in [-0.25, -0.2) is 9.98 Å². The normalized spacial score (nSPS) is 19.1. The fourth-order valence-corrected chi connectivity index (χ4v) is 2.99. The molecule has 1 aliphatic heterocycles. The number of aliphatic imine (C=N–C) groups is 1. The summed E-state index contributed by atoms with van der Waals surface area (Å²) in [6, 6.07) is 0. The Morgan fingerprint density at radius 2 is 2.38 bits per heavy atom. The third-order valence-electron chi connectivity index (χ3n) is 3.84. The molecule has 0 bridgehead atoms. The zero-order valence-electron chi connectivity index (χ0n) is 14.6. The molecule has 0 aliphatic carbocycles. The van der Waals surface area contributed by atoms with Gasteiger partial charge in [-0.1, -0.05) is 6.92 Å². The van der Waals surface area contributed by atoms with E-state index in [9.17, 15) is 4.79 Å². The summed E-state index contributed by atoms with van der Waals surface area (Å²) in [6.07, 6.45) is 4.20. The van der Waals surface area contributed by atoms with E-state index in [4.69, 9.17) is 4.74 Å². The highest BCUT2D eigenvalue weighted by Crippen LogP contribution is 2.16. The van der Waals surface area contributed by atoms with Gasteiger partial charge in [0.2, 0.25) is 5.91 Å². The Bertz CT molecular complexity index is 527. The van der Waals surface area contributed by atoms with Crippen LogP contribution in [0.25, 0.3) is 0 Å². The first-order valence-corrected chi connectivity index (χ1v) is 9.17. The van der Waals surface area contributed by atoms with Gasteiger partial charge < -0.3 is 20.3 Å². The first-order valence-electron chi connectivity index (χ1n) is 8.29. The fourth-order valence-electron chi connectivity index (χ4n) is 2.29. The van der Waals surface area contributed by atoms with Crippen LogP contribution in [0.2, 0.25) is 0 Å². The van der Waals surface area contributed by atoms with Gasteiger partial charge >= 0.3 is 0 Å². The molecule has 1 aliphatic rings. The van der Waals surface area contributed by atoms with Gasteiger partial charge in [-0.15, -0.1) is 11.3 Å². The molecule has 2 heterocycles. The van der Waals surface area contributed by atoms with Crippen LogP contribution in [0.4, 0.5) is 0 Å². The number of likely N-dealkylation sites (N-methyl/N-ethyl adjacent to an activating group) is 1. The Morgan fingerprint density at radius 1 is 1.54 bits per heavy atom. The molecule has 0 spiro atoms. The van der Waals surface area contributed by atoms with Crippen LogP contribution in [0.5, 0.6) is 0 Å². The average molecular weight is 353 g/mol. The summed E-state index contributed by atoms with van der Waals surface area (Å²) < 4.78 is 5.62. The van der Waals surface area contributed by atoms with Crippen molar-refractivity contribution in [2.75, 3.05) is 40.3 Å². The molecule has 134 valence electrons. The molecule has 1 saturated heterocycles. The molecule has 2 unspecified atom stereocenters. The van der Waals surface area contributed by atoms with E-state index < -0.39 is 0 Å². The van der Waals surface area contributed by atoms with Crippen molar-refractivity contribution in [1.29, 1.82) is 0 Å². The zero-order valence-corrected chi connectivity index (χ0v) is 15.4. The summed E-state index contributed by atoms with van der Waals surface area (Å²) in [7, 11) is 3.46. The second-order valence-corrected chi connectivity index (χ2v) is 7.05. The van der Waals surface area contributed by atoms with E-state index in [-0.39, 0.29) is 24.5 Å². The van der Waals surface area contributed by atoms with E-state index >= 15 is 0 Å². The minimum Gasteiger partial charge on any atom is -0.376 e.